The number of carbonyl (C=O) groups is 1. The Balaban J connectivity index is 2.21. The molecule has 1 amide bonds. The number of hydrogen-bond acceptors (Lipinski definition) is 2. The fourth-order valence-corrected chi connectivity index (χ4v) is 1.78. The Morgan fingerprint density at radius 1 is 1.39 bits per heavy atom. The van der Waals surface area contributed by atoms with Gasteiger partial charge >= 0.3 is 0 Å². The molecule has 0 saturated carbocycles. The number of nitrogens with one attached hydrogen (secondary N) is 1. The lowest BCUT2D eigenvalue weighted by Gasteiger charge is -2.10. The lowest BCUT2D eigenvalue weighted by Crippen LogP contribution is -2.32. The second-order valence-electron chi connectivity index (χ2n) is 4.48. The number of hydrogen-bond donors (Lipinski definition) is 2. The lowest BCUT2D eigenvalue weighted by molar-refractivity contribution is -0.121. The molecule has 0 aliphatic rings. The Labute approximate surface area is 108 Å². The van der Waals surface area contributed by atoms with Gasteiger partial charge in [-0.3, -0.25) is 4.79 Å². The zero-order chi connectivity index (χ0) is 13.4. The van der Waals surface area contributed by atoms with Gasteiger partial charge in [0, 0.05) is 19.0 Å². The molecule has 0 radical (unpaired) electrons. The summed E-state index contributed by atoms with van der Waals surface area (Å²) in [6.45, 7) is 2.61. The Hall–Kier alpha value is -1.42. The molecule has 1 rings (SSSR count). The normalized spacial score (nSPS) is 12.2. The summed E-state index contributed by atoms with van der Waals surface area (Å²) in [5.74, 6) is -0.258. The van der Waals surface area contributed by atoms with Crippen molar-refractivity contribution in [1.29, 1.82) is 0 Å². The van der Waals surface area contributed by atoms with Gasteiger partial charge < -0.3 is 11.1 Å². The summed E-state index contributed by atoms with van der Waals surface area (Å²) >= 11 is 0. The molecule has 1 atom stereocenters. The first-order chi connectivity index (χ1) is 8.61. The fraction of sp³-hybridized carbons (Fsp3) is 0.500. The molecule has 4 heteroatoms. The summed E-state index contributed by atoms with van der Waals surface area (Å²) in [7, 11) is 0. The predicted octanol–water partition coefficient (Wildman–Crippen LogP) is 2.00. The molecule has 100 valence electrons. The van der Waals surface area contributed by atoms with Crippen LogP contribution in [0.1, 0.15) is 31.7 Å². The maximum absolute atomic E-state index is 12.7. The molecule has 1 unspecified atom stereocenters. The summed E-state index contributed by atoms with van der Waals surface area (Å²) in [4.78, 5) is 11.5. The third-order valence-corrected chi connectivity index (χ3v) is 2.76. The molecule has 0 heterocycles. The van der Waals surface area contributed by atoms with Crippen LogP contribution in [0.15, 0.2) is 24.3 Å². The molecular formula is C14H21FN2O. The van der Waals surface area contributed by atoms with Gasteiger partial charge in [-0.15, -0.1) is 0 Å². The first-order valence-corrected chi connectivity index (χ1v) is 6.38. The molecule has 1 aromatic carbocycles. The number of carbonyl (C=O) groups excluding carboxylic acids is 1. The quantitative estimate of drug-likeness (QED) is 0.780. The highest BCUT2D eigenvalue weighted by molar-refractivity contribution is 5.76. The Kier molecular flexibility index (Phi) is 6.36. The van der Waals surface area contributed by atoms with Crippen molar-refractivity contribution < 1.29 is 9.18 Å². The predicted molar refractivity (Wildman–Crippen MR) is 70.6 cm³/mol. The first kappa shape index (κ1) is 14.6. The third kappa shape index (κ3) is 5.77. The topological polar surface area (TPSA) is 55.1 Å². The van der Waals surface area contributed by atoms with Gasteiger partial charge in [0.2, 0.25) is 5.91 Å². The van der Waals surface area contributed by atoms with Crippen LogP contribution >= 0.6 is 0 Å². The number of benzene rings is 1. The molecule has 0 bridgehead atoms. The molecule has 1 aromatic rings. The molecule has 0 aromatic heterocycles. The van der Waals surface area contributed by atoms with Gasteiger partial charge in [0.1, 0.15) is 5.82 Å². The minimum atomic E-state index is -0.242. The van der Waals surface area contributed by atoms with Crippen molar-refractivity contribution in [2.45, 2.75) is 38.6 Å². The SMILES string of the molecule is CCCC(N)CC(=O)NCCc1ccc(F)cc1. The first-order valence-electron chi connectivity index (χ1n) is 6.38. The summed E-state index contributed by atoms with van der Waals surface area (Å²) in [6, 6.07) is 6.25. The van der Waals surface area contributed by atoms with Crippen molar-refractivity contribution in [1.82, 2.24) is 5.32 Å². The van der Waals surface area contributed by atoms with Crippen LogP contribution in [0.4, 0.5) is 4.39 Å². The van der Waals surface area contributed by atoms with Crippen LogP contribution in [0.3, 0.4) is 0 Å². The smallest absolute Gasteiger partial charge is 0.221 e. The fourth-order valence-electron chi connectivity index (χ4n) is 1.78. The van der Waals surface area contributed by atoms with Gasteiger partial charge in [-0.25, -0.2) is 4.39 Å². The highest BCUT2D eigenvalue weighted by Gasteiger charge is 2.07. The van der Waals surface area contributed by atoms with E-state index >= 15 is 0 Å². The van der Waals surface area contributed by atoms with Crippen molar-refractivity contribution in [2.75, 3.05) is 6.54 Å². The van der Waals surface area contributed by atoms with E-state index in [0.717, 1.165) is 18.4 Å². The van der Waals surface area contributed by atoms with Crippen LogP contribution in [-0.2, 0) is 11.2 Å². The lowest BCUT2D eigenvalue weighted by atomic mass is 10.1. The Bertz CT molecular complexity index is 365. The van der Waals surface area contributed by atoms with Gasteiger partial charge in [-0.05, 0) is 30.5 Å². The summed E-state index contributed by atoms with van der Waals surface area (Å²) in [6.07, 6.45) is 2.93. The highest BCUT2D eigenvalue weighted by atomic mass is 19.1. The van der Waals surface area contributed by atoms with Gasteiger partial charge in [-0.2, -0.15) is 0 Å². The largest absolute Gasteiger partial charge is 0.356 e. The van der Waals surface area contributed by atoms with Crippen LogP contribution < -0.4 is 11.1 Å². The highest BCUT2D eigenvalue weighted by Crippen LogP contribution is 2.03. The molecule has 18 heavy (non-hydrogen) atoms. The van der Waals surface area contributed by atoms with E-state index in [1.165, 1.54) is 12.1 Å². The zero-order valence-electron chi connectivity index (χ0n) is 10.8. The second kappa shape index (κ2) is 7.82. The van der Waals surface area contributed by atoms with Gasteiger partial charge in [0.15, 0.2) is 0 Å². The van der Waals surface area contributed by atoms with Crippen LogP contribution in [0.25, 0.3) is 0 Å². The molecule has 0 aliphatic carbocycles. The number of nitrogens with two attached hydrogens (primary N) is 1. The van der Waals surface area contributed by atoms with E-state index < -0.39 is 0 Å². The van der Waals surface area contributed by atoms with E-state index in [9.17, 15) is 9.18 Å². The number of halogens is 1. The molecule has 3 N–H and O–H groups in total. The Morgan fingerprint density at radius 2 is 2.06 bits per heavy atom. The van der Waals surface area contributed by atoms with Gasteiger partial charge in [0.05, 0.1) is 0 Å². The van der Waals surface area contributed by atoms with E-state index in [1.54, 1.807) is 12.1 Å². The number of rotatable bonds is 7. The summed E-state index contributed by atoms with van der Waals surface area (Å²) in [5, 5.41) is 2.82. The van der Waals surface area contributed by atoms with Crippen molar-refractivity contribution >= 4 is 5.91 Å². The van der Waals surface area contributed by atoms with E-state index in [4.69, 9.17) is 5.73 Å². The van der Waals surface area contributed by atoms with E-state index in [2.05, 4.69) is 5.32 Å². The van der Waals surface area contributed by atoms with Crippen LogP contribution in [-0.4, -0.2) is 18.5 Å². The summed E-state index contributed by atoms with van der Waals surface area (Å²) in [5.41, 5.74) is 6.79. The average Bonchev–Trinajstić information content (AvgIpc) is 2.32. The third-order valence-electron chi connectivity index (χ3n) is 2.76. The molecule has 0 spiro atoms. The number of amides is 1. The van der Waals surface area contributed by atoms with Crippen molar-refractivity contribution in [2.24, 2.45) is 5.73 Å². The van der Waals surface area contributed by atoms with Gasteiger partial charge in [0.25, 0.3) is 0 Å². The van der Waals surface area contributed by atoms with Crippen molar-refractivity contribution in [3.63, 3.8) is 0 Å². The molecule has 0 saturated heterocycles. The van der Waals surface area contributed by atoms with Crippen molar-refractivity contribution in [3.8, 4) is 0 Å². The van der Waals surface area contributed by atoms with E-state index in [-0.39, 0.29) is 17.8 Å². The van der Waals surface area contributed by atoms with E-state index in [0.29, 0.717) is 19.4 Å². The van der Waals surface area contributed by atoms with Crippen LogP contribution in [0.2, 0.25) is 0 Å². The molecule has 3 nitrogen and oxygen atoms in total. The molecule has 0 aliphatic heterocycles. The monoisotopic (exact) mass is 252 g/mol. The van der Waals surface area contributed by atoms with Crippen LogP contribution in [0.5, 0.6) is 0 Å². The van der Waals surface area contributed by atoms with Crippen LogP contribution in [0, 0.1) is 5.82 Å². The standard InChI is InChI=1S/C14H21FN2O/c1-2-3-13(16)10-14(18)17-9-8-11-4-6-12(15)7-5-11/h4-7,13H,2-3,8-10,16H2,1H3,(H,17,18). The average molecular weight is 252 g/mol. The minimum Gasteiger partial charge on any atom is -0.356 e. The minimum absolute atomic E-state index is 0.0157. The van der Waals surface area contributed by atoms with Crippen molar-refractivity contribution in [3.05, 3.63) is 35.6 Å². The second-order valence-corrected chi connectivity index (χ2v) is 4.48. The summed E-state index contributed by atoms with van der Waals surface area (Å²) < 4.78 is 12.7. The zero-order valence-corrected chi connectivity index (χ0v) is 10.8. The van der Waals surface area contributed by atoms with E-state index in [1.807, 2.05) is 6.92 Å². The maximum atomic E-state index is 12.7. The maximum Gasteiger partial charge on any atom is 0.221 e. The molecular weight excluding hydrogens is 231 g/mol. The van der Waals surface area contributed by atoms with Gasteiger partial charge in [-0.1, -0.05) is 25.5 Å². The Morgan fingerprint density at radius 3 is 2.67 bits per heavy atom. The molecule has 0 fully saturated rings.